The maximum Gasteiger partial charge on any atom is 0.169 e. The molecule has 4 nitrogen and oxygen atoms in total. The van der Waals surface area contributed by atoms with Crippen LogP contribution in [0.5, 0.6) is 0 Å². The molecule has 1 rings (SSSR count). The predicted molar refractivity (Wildman–Crippen MR) is 67.2 cm³/mol. The summed E-state index contributed by atoms with van der Waals surface area (Å²) in [5, 5.41) is 8.10. The second-order valence-electron chi connectivity index (χ2n) is 6.61. The van der Waals surface area contributed by atoms with E-state index in [-0.39, 0.29) is 5.41 Å². The molecule has 0 aromatic carbocycles. The van der Waals surface area contributed by atoms with Crippen LogP contribution in [0.4, 0.5) is 5.82 Å². The highest BCUT2D eigenvalue weighted by Gasteiger charge is 2.24. The lowest BCUT2D eigenvalue weighted by Gasteiger charge is -2.23. The predicted octanol–water partition coefficient (Wildman–Crippen LogP) is 2.59. The zero-order chi connectivity index (χ0) is 12.6. The van der Waals surface area contributed by atoms with Crippen molar-refractivity contribution in [2.45, 2.75) is 59.9 Å². The van der Waals surface area contributed by atoms with Crippen LogP contribution in [-0.4, -0.2) is 15.0 Å². The fraction of sp³-hybridized carbons (Fsp3) is 0.833. The third kappa shape index (κ3) is 3.22. The van der Waals surface area contributed by atoms with Crippen molar-refractivity contribution in [1.82, 2.24) is 15.0 Å². The summed E-state index contributed by atoms with van der Waals surface area (Å²) in [6.45, 7) is 14.0. The molecule has 0 bridgehead atoms. The fourth-order valence-electron chi connectivity index (χ4n) is 1.70. The highest BCUT2D eigenvalue weighted by Crippen LogP contribution is 2.27. The van der Waals surface area contributed by atoms with E-state index in [1.54, 1.807) is 0 Å². The Labute approximate surface area is 98.2 Å². The molecule has 0 aliphatic heterocycles. The van der Waals surface area contributed by atoms with Crippen molar-refractivity contribution in [2.24, 2.45) is 5.41 Å². The molecule has 0 atom stereocenters. The van der Waals surface area contributed by atoms with Gasteiger partial charge in [-0.1, -0.05) is 46.8 Å². The number of rotatable bonds is 2. The van der Waals surface area contributed by atoms with Crippen molar-refractivity contribution in [1.29, 1.82) is 0 Å². The van der Waals surface area contributed by atoms with Crippen LogP contribution in [0.1, 0.15) is 53.7 Å². The quantitative estimate of drug-likeness (QED) is 0.840. The molecule has 1 heterocycles. The number of nitrogens with zero attached hydrogens (tertiary/aromatic N) is 3. The minimum atomic E-state index is -0.00846. The van der Waals surface area contributed by atoms with Gasteiger partial charge in [-0.3, -0.25) is 0 Å². The highest BCUT2D eigenvalue weighted by atomic mass is 15.4. The maximum atomic E-state index is 5.87. The van der Waals surface area contributed by atoms with E-state index in [0.717, 1.165) is 18.7 Å². The Morgan fingerprint density at radius 1 is 1.12 bits per heavy atom. The highest BCUT2D eigenvalue weighted by molar-refractivity contribution is 5.37. The molecule has 2 N–H and O–H groups in total. The van der Waals surface area contributed by atoms with Gasteiger partial charge in [-0.2, -0.15) is 0 Å². The first-order valence-electron chi connectivity index (χ1n) is 5.81. The summed E-state index contributed by atoms with van der Waals surface area (Å²) < 4.78 is 1.95. The van der Waals surface area contributed by atoms with Crippen molar-refractivity contribution < 1.29 is 0 Å². The van der Waals surface area contributed by atoms with E-state index in [1.165, 1.54) is 0 Å². The second-order valence-corrected chi connectivity index (χ2v) is 6.61. The maximum absolute atomic E-state index is 5.87. The van der Waals surface area contributed by atoms with Gasteiger partial charge in [0.15, 0.2) is 5.82 Å². The van der Waals surface area contributed by atoms with Gasteiger partial charge in [0, 0.05) is 12.0 Å². The average Bonchev–Trinajstić information content (AvgIpc) is 2.41. The van der Waals surface area contributed by atoms with E-state index in [0.29, 0.717) is 11.2 Å². The summed E-state index contributed by atoms with van der Waals surface area (Å²) in [5.74, 6) is 0.557. The van der Waals surface area contributed by atoms with Gasteiger partial charge in [-0.15, -0.1) is 5.10 Å². The van der Waals surface area contributed by atoms with Crippen LogP contribution in [0.15, 0.2) is 0 Å². The molecule has 0 spiro atoms. The topological polar surface area (TPSA) is 56.7 Å². The third-order valence-corrected chi connectivity index (χ3v) is 2.55. The summed E-state index contributed by atoms with van der Waals surface area (Å²) in [7, 11) is 0. The van der Waals surface area contributed by atoms with E-state index in [2.05, 4.69) is 51.9 Å². The van der Waals surface area contributed by atoms with Gasteiger partial charge in [0.2, 0.25) is 0 Å². The van der Waals surface area contributed by atoms with Crippen LogP contribution in [-0.2, 0) is 12.0 Å². The van der Waals surface area contributed by atoms with Gasteiger partial charge in [-0.05, 0) is 11.8 Å². The smallest absolute Gasteiger partial charge is 0.169 e. The first kappa shape index (κ1) is 13.0. The molecule has 0 fully saturated rings. The minimum Gasteiger partial charge on any atom is -0.381 e. The van der Waals surface area contributed by atoms with Crippen LogP contribution in [0.2, 0.25) is 0 Å². The van der Waals surface area contributed by atoms with Crippen LogP contribution < -0.4 is 5.73 Å². The molecule has 4 heteroatoms. The Morgan fingerprint density at radius 2 is 1.69 bits per heavy atom. The van der Waals surface area contributed by atoms with Crippen molar-refractivity contribution >= 4 is 5.82 Å². The number of aryl methyl sites for hydroxylation is 1. The zero-order valence-electron chi connectivity index (χ0n) is 11.3. The molecule has 0 amide bonds. The van der Waals surface area contributed by atoms with Crippen molar-refractivity contribution in [2.75, 3.05) is 5.73 Å². The normalized spacial score (nSPS) is 13.1. The lowest BCUT2D eigenvalue weighted by Crippen LogP contribution is -2.21. The van der Waals surface area contributed by atoms with Crippen LogP contribution >= 0.6 is 0 Å². The molecule has 16 heavy (non-hydrogen) atoms. The van der Waals surface area contributed by atoms with Crippen LogP contribution in [0, 0.1) is 5.41 Å². The summed E-state index contributed by atoms with van der Waals surface area (Å²) in [5.41, 5.74) is 7.20. The van der Waals surface area contributed by atoms with Gasteiger partial charge >= 0.3 is 0 Å². The molecular weight excluding hydrogens is 200 g/mol. The van der Waals surface area contributed by atoms with Gasteiger partial charge in [-0.25, -0.2) is 4.68 Å². The minimum absolute atomic E-state index is 0.00846. The third-order valence-electron chi connectivity index (χ3n) is 2.55. The van der Waals surface area contributed by atoms with Gasteiger partial charge in [0.25, 0.3) is 0 Å². The zero-order valence-corrected chi connectivity index (χ0v) is 11.3. The van der Waals surface area contributed by atoms with E-state index in [1.807, 2.05) is 4.68 Å². The van der Waals surface area contributed by atoms with Crippen LogP contribution in [0.3, 0.4) is 0 Å². The number of aromatic nitrogens is 3. The van der Waals surface area contributed by atoms with Gasteiger partial charge < -0.3 is 5.73 Å². The molecule has 0 saturated heterocycles. The Kier molecular flexibility index (Phi) is 3.31. The Hall–Kier alpha value is -1.06. The van der Waals surface area contributed by atoms with Crippen LogP contribution in [0.25, 0.3) is 0 Å². The summed E-state index contributed by atoms with van der Waals surface area (Å²) in [6.07, 6.45) is 1.07. The average molecular weight is 224 g/mol. The summed E-state index contributed by atoms with van der Waals surface area (Å²) in [6, 6.07) is 0. The van der Waals surface area contributed by atoms with E-state index >= 15 is 0 Å². The first-order valence-corrected chi connectivity index (χ1v) is 5.81. The largest absolute Gasteiger partial charge is 0.381 e. The number of nitrogen functional groups attached to an aromatic ring is 1. The fourth-order valence-corrected chi connectivity index (χ4v) is 1.70. The van der Waals surface area contributed by atoms with Crippen molar-refractivity contribution in [3.8, 4) is 0 Å². The van der Waals surface area contributed by atoms with Gasteiger partial charge in [0.1, 0.15) is 0 Å². The molecule has 1 aromatic heterocycles. The van der Waals surface area contributed by atoms with Crippen molar-refractivity contribution in [3.05, 3.63) is 5.69 Å². The molecule has 92 valence electrons. The molecular formula is C12H24N4. The Bertz CT molecular complexity index is 352. The first-order chi connectivity index (χ1) is 7.11. The molecule has 0 radical (unpaired) electrons. The monoisotopic (exact) mass is 224 g/mol. The van der Waals surface area contributed by atoms with E-state index < -0.39 is 0 Å². The summed E-state index contributed by atoms with van der Waals surface area (Å²) in [4.78, 5) is 0. The number of anilines is 1. The molecule has 1 aromatic rings. The molecule has 0 aliphatic carbocycles. The lowest BCUT2D eigenvalue weighted by molar-refractivity contribution is 0.329. The number of hydrogen-bond donors (Lipinski definition) is 1. The molecule has 0 unspecified atom stereocenters. The molecule has 0 aliphatic rings. The second kappa shape index (κ2) is 4.07. The molecule has 0 saturated carbocycles. The standard InChI is InChI=1S/C12H24N4/c1-11(2,3)7-8-16-9(12(4,5)6)10(13)14-15-16/h7-8,13H2,1-6H3. The van der Waals surface area contributed by atoms with E-state index in [4.69, 9.17) is 5.73 Å². The number of nitrogens with two attached hydrogens (primary N) is 1. The number of hydrogen-bond acceptors (Lipinski definition) is 3. The SMILES string of the molecule is CC(C)(C)CCn1nnc(N)c1C(C)(C)C. The van der Waals surface area contributed by atoms with E-state index in [9.17, 15) is 0 Å². The lowest BCUT2D eigenvalue weighted by atomic mass is 9.90. The van der Waals surface area contributed by atoms with Gasteiger partial charge in [0.05, 0.1) is 5.69 Å². The summed E-state index contributed by atoms with van der Waals surface area (Å²) >= 11 is 0. The Morgan fingerprint density at radius 3 is 2.12 bits per heavy atom. The Balaban J connectivity index is 2.90. The van der Waals surface area contributed by atoms with Crippen molar-refractivity contribution in [3.63, 3.8) is 0 Å².